The molecule has 0 spiro atoms. The Bertz CT molecular complexity index is 668. The van der Waals surface area contributed by atoms with Gasteiger partial charge in [-0.15, -0.1) is 0 Å². The molecule has 5 heteroatoms. The van der Waals surface area contributed by atoms with Crippen molar-refractivity contribution < 1.29 is 18.8 Å². The van der Waals surface area contributed by atoms with Crippen LogP contribution in [0.3, 0.4) is 0 Å². The third-order valence-corrected chi connectivity index (χ3v) is 4.99. The molecule has 1 N–H and O–H groups in total. The van der Waals surface area contributed by atoms with Gasteiger partial charge in [-0.3, -0.25) is 4.21 Å². The predicted octanol–water partition coefficient (Wildman–Crippen LogP) is 3.33. The van der Waals surface area contributed by atoms with Gasteiger partial charge in [0, 0.05) is 4.90 Å². The molecule has 2 aromatic rings. The first-order valence-corrected chi connectivity index (χ1v) is 9.50. The van der Waals surface area contributed by atoms with Crippen LogP contribution < -0.4 is 4.74 Å². The molecule has 0 fully saturated rings. The highest BCUT2D eigenvalue weighted by Crippen LogP contribution is 2.12. The SMILES string of the molecule is COc1ccc(COCC/C=C/[C@@H](O)C[S@@](=O)c2ccccc2)cc1. The van der Waals surface area contributed by atoms with Crippen molar-refractivity contribution in [1.29, 1.82) is 0 Å². The molecule has 0 aromatic heterocycles. The van der Waals surface area contributed by atoms with E-state index in [2.05, 4.69) is 0 Å². The van der Waals surface area contributed by atoms with Gasteiger partial charge in [0.15, 0.2) is 0 Å². The van der Waals surface area contributed by atoms with Crippen LogP contribution in [0.2, 0.25) is 0 Å². The number of hydrogen-bond donors (Lipinski definition) is 1. The molecule has 0 bridgehead atoms. The summed E-state index contributed by atoms with van der Waals surface area (Å²) in [5, 5.41) is 9.93. The van der Waals surface area contributed by atoms with Crippen LogP contribution in [0.25, 0.3) is 0 Å². The Hall–Kier alpha value is -1.95. The number of aliphatic hydroxyl groups excluding tert-OH is 1. The van der Waals surface area contributed by atoms with Crippen molar-refractivity contribution in [3.05, 3.63) is 72.3 Å². The summed E-state index contributed by atoms with van der Waals surface area (Å²) in [6.07, 6.45) is 3.52. The average molecular weight is 360 g/mol. The van der Waals surface area contributed by atoms with Crippen molar-refractivity contribution in [3.8, 4) is 5.75 Å². The molecule has 0 aliphatic heterocycles. The van der Waals surface area contributed by atoms with Crippen LogP contribution in [0.4, 0.5) is 0 Å². The second kappa shape index (κ2) is 10.8. The van der Waals surface area contributed by atoms with Crippen LogP contribution in [-0.4, -0.2) is 34.9 Å². The van der Waals surface area contributed by atoms with Crippen molar-refractivity contribution in [1.82, 2.24) is 0 Å². The summed E-state index contributed by atoms with van der Waals surface area (Å²) in [6.45, 7) is 1.11. The average Bonchev–Trinajstić information content (AvgIpc) is 2.65. The Morgan fingerprint density at radius 1 is 1.12 bits per heavy atom. The molecule has 0 aliphatic carbocycles. The summed E-state index contributed by atoms with van der Waals surface area (Å²) in [5.41, 5.74) is 1.09. The zero-order valence-corrected chi connectivity index (χ0v) is 15.2. The molecular formula is C20H24O4S. The second-order valence-electron chi connectivity index (χ2n) is 5.51. The number of hydrogen-bond acceptors (Lipinski definition) is 4. The fourth-order valence-electron chi connectivity index (χ4n) is 2.20. The van der Waals surface area contributed by atoms with E-state index in [-0.39, 0.29) is 5.75 Å². The molecule has 0 saturated carbocycles. The summed E-state index contributed by atoms with van der Waals surface area (Å²) in [7, 11) is 0.448. The van der Waals surface area contributed by atoms with E-state index in [0.29, 0.717) is 19.6 Å². The first kappa shape index (κ1) is 19.4. The maximum Gasteiger partial charge on any atom is 0.118 e. The van der Waals surface area contributed by atoms with Gasteiger partial charge in [0.1, 0.15) is 5.75 Å². The fourth-order valence-corrected chi connectivity index (χ4v) is 3.27. The largest absolute Gasteiger partial charge is 0.497 e. The van der Waals surface area contributed by atoms with E-state index in [0.717, 1.165) is 16.2 Å². The van der Waals surface area contributed by atoms with E-state index < -0.39 is 16.9 Å². The Morgan fingerprint density at radius 2 is 1.84 bits per heavy atom. The van der Waals surface area contributed by atoms with E-state index in [1.54, 1.807) is 25.3 Å². The molecule has 0 radical (unpaired) electrons. The van der Waals surface area contributed by atoms with Gasteiger partial charge in [0.25, 0.3) is 0 Å². The summed E-state index contributed by atoms with van der Waals surface area (Å²) in [6, 6.07) is 16.9. The number of benzene rings is 2. The van der Waals surface area contributed by atoms with Crippen molar-refractivity contribution in [2.45, 2.75) is 24.0 Å². The standard InChI is InChI=1S/C20H24O4S/c1-23-19-12-10-17(11-13-19)15-24-14-6-5-7-18(21)16-25(22)20-8-3-2-4-9-20/h2-5,7-13,18,21H,6,14-16H2,1H3/b7-5+/t18-,25-/m1/s1. The summed E-state index contributed by atoms with van der Waals surface area (Å²) < 4.78 is 22.8. The Morgan fingerprint density at radius 3 is 2.52 bits per heavy atom. The second-order valence-corrected chi connectivity index (χ2v) is 7.01. The molecule has 0 aliphatic rings. The number of rotatable bonds is 10. The normalized spacial score (nSPS) is 13.7. The smallest absolute Gasteiger partial charge is 0.118 e. The van der Waals surface area contributed by atoms with Gasteiger partial charge < -0.3 is 14.6 Å². The quantitative estimate of drug-likeness (QED) is 0.522. The first-order chi connectivity index (χ1) is 12.2. The van der Waals surface area contributed by atoms with Crippen molar-refractivity contribution in [2.75, 3.05) is 19.5 Å². The van der Waals surface area contributed by atoms with E-state index in [9.17, 15) is 9.32 Å². The topological polar surface area (TPSA) is 55.8 Å². The Labute approximate surface area is 151 Å². The molecule has 0 unspecified atom stereocenters. The van der Waals surface area contributed by atoms with Crippen LogP contribution in [0.15, 0.2) is 71.6 Å². The lowest BCUT2D eigenvalue weighted by Gasteiger charge is -2.06. The maximum absolute atomic E-state index is 12.1. The van der Waals surface area contributed by atoms with Crippen LogP contribution >= 0.6 is 0 Å². The van der Waals surface area contributed by atoms with Crippen molar-refractivity contribution in [2.24, 2.45) is 0 Å². The van der Waals surface area contributed by atoms with E-state index >= 15 is 0 Å². The lowest BCUT2D eigenvalue weighted by molar-refractivity contribution is 0.125. The molecule has 0 heterocycles. The summed E-state index contributed by atoms with van der Waals surface area (Å²) in [5.74, 6) is 1.03. The molecule has 4 nitrogen and oxygen atoms in total. The Balaban J connectivity index is 1.62. The molecule has 2 rings (SSSR count). The van der Waals surface area contributed by atoms with Crippen LogP contribution in [0, 0.1) is 0 Å². The number of ether oxygens (including phenoxy) is 2. The van der Waals surface area contributed by atoms with Gasteiger partial charge >= 0.3 is 0 Å². The molecule has 0 saturated heterocycles. The van der Waals surface area contributed by atoms with Gasteiger partial charge in [-0.05, 0) is 36.2 Å². The van der Waals surface area contributed by atoms with Crippen LogP contribution in [0.1, 0.15) is 12.0 Å². The Kier molecular flexibility index (Phi) is 8.39. The molecule has 2 atom stereocenters. The minimum atomic E-state index is -1.19. The zero-order valence-electron chi connectivity index (χ0n) is 14.3. The van der Waals surface area contributed by atoms with Gasteiger partial charge in [-0.25, -0.2) is 0 Å². The van der Waals surface area contributed by atoms with Gasteiger partial charge in [0.05, 0.1) is 43.0 Å². The van der Waals surface area contributed by atoms with Crippen LogP contribution in [-0.2, 0) is 22.1 Å². The van der Waals surface area contributed by atoms with E-state index in [1.165, 1.54) is 0 Å². The lowest BCUT2D eigenvalue weighted by Crippen LogP contribution is -2.14. The summed E-state index contributed by atoms with van der Waals surface area (Å²) in [4.78, 5) is 0.734. The van der Waals surface area contributed by atoms with Crippen molar-refractivity contribution >= 4 is 10.8 Å². The molecule has 0 amide bonds. The van der Waals surface area contributed by atoms with Gasteiger partial charge in [-0.1, -0.05) is 42.5 Å². The molecule has 134 valence electrons. The minimum Gasteiger partial charge on any atom is -0.497 e. The predicted molar refractivity (Wildman–Crippen MR) is 100 cm³/mol. The minimum absolute atomic E-state index is 0.202. The third-order valence-electron chi connectivity index (χ3n) is 3.54. The van der Waals surface area contributed by atoms with Crippen LogP contribution in [0.5, 0.6) is 5.75 Å². The highest BCUT2D eigenvalue weighted by molar-refractivity contribution is 7.85. The van der Waals surface area contributed by atoms with E-state index in [4.69, 9.17) is 9.47 Å². The van der Waals surface area contributed by atoms with Gasteiger partial charge in [-0.2, -0.15) is 0 Å². The van der Waals surface area contributed by atoms with Crippen molar-refractivity contribution in [3.63, 3.8) is 0 Å². The fraction of sp³-hybridized carbons (Fsp3) is 0.300. The first-order valence-electron chi connectivity index (χ1n) is 8.18. The third kappa shape index (κ3) is 7.22. The number of methoxy groups -OCH3 is 1. The zero-order chi connectivity index (χ0) is 17.9. The monoisotopic (exact) mass is 360 g/mol. The molecule has 25 heavy (non-hydrogen) atoms. The van der Waals surface area contributed by atoms with Gasteiger partial charge in [0.2, 0.25) is 0 Å². The summed E-state index contributed by atoms with van der Waals surface area (Å²) >= 11 is 0. The lowest BCUT2D eigenvalue weighted by atomic mass is 10.2. The molecular weight excluding hydrogens is 336 g/mol. The number of aliphatic hydroxyl groups is 1. The highest BCUT2D eigenvalue weighted by atomic mass is 32.2. The van der Waals surface area contributed by atoms with E-state index in [1.807, 2.05) is 48.5 Å². The molecule has 2 aromatic carbocycles. The maximum atomic E-state index is 12.1. The highest BCUT2D eigenvalue weighted by Gasteiger charge is 2.08.